The molecule has 0 amide bonds. The van der Waals surface area contributed by atoms with Crippen molar-refractivity contribution in [1.29, 1.82) is 0 Å². The van der Waals surface area contributed by atoms with Gasteiger partial charge in [-0.2, -0.15) is 0 Å². The summed E-state index contributed by atoms with van der Waals surface area (Å²) in [4.78, 5) is 2.21. The fourth-order valence-corrected chi connectivity index (χ4v) is 2.80. The van der Waals surface area contributed by atoms with E-state index in [0.29, 0.717) is 0 Å². The third-order valence-electron chi connectivity index (χ3n) is 3.75. The van der Waals surface area contributed by atoms with Gasteiger partial charge in [-0.15, -0.1) is 0 Å². The number of hydrogen-bond donors (Lipinski definition) is 1. The van der Waals surface area contributed by atoms with E-state index in [4.69, 9.17) is 0 Å². The van der Waals surface area contributed by atoms with Crippen LogP contribution in [0, 0.1) is 5.92 Å². The van der Waals surface area contributed by atoms with Crippen molar-refractivity contribution in [2.75, 3.05) is 26.0 Å². The van der Waals surface area contributed by atoms with Gasteiger partial charge in [0.1, 0.15) is 0 Å². The maximum atomic E-state index is 3.61. The minimum atomic E-state index is 0.885. The second-order valence-corrected chi connectivity index (χ2v) is 5.82. The van der Waals surface area contributed by atoms with Gasteiger partial charge in [-0.05, 0) is 50.6 Å². The quantitative estimate of drug-likeness (QED) is 0.851. The second kappa shape index (κ2) is 6.79. The number of anilines is 1. The summed E-state index contributed by atoms with van der Waals surface area (Å²) < 4.78 is 0. The summed E-state index contributed by atoms with van der Waals surface area (Å²) >= 11 is 0. The van der Waals surface area contributed by atoms with E-state index in [2.05, 4.69) is 48.6 Å². The van der Waals surface area contributed by atoms with Crippen LogP contribution in [0.25, 0.3) is 0 Å². The Morgan fingerprint density at radius 3 is 2.67 bits per heavy atom. The molecule has 0 atom stereocenters. The highest BCUT2D eigenvalue weighted by Gasteiger charge is 2.12. The second-order valence-electron chi connectivity index (χ2n) is 5.82. The zero-order valence-electron chi connectivity index (χ0n) is 11.8. The lowest BCUT2D eigenvalue weighted by Crippen LogP contribution is -2.17. The van der Waals surface area contributed by atoms with E-state index < -0.39 is 0 Å². The fraction of sp³-hybridized carbons (Fsp3) is 0.625. The molecule has 0 heterocycles. The summed E-state index contributed by atoms with van der Waals surface area (Å²) in [5, 5.41) is 3.61. The zero-order valence-corrected chi connectivity index (χ0v) is 11.8. The predicted octanol–water partition coefficient (Wildman–Crippen LogP) is 3.74. The van der Waals surface area contributed by atoms with E-state index in [1.54, 1.807) is 0 Å². The molecule has 0 spiro atoms. The Morgan fingerprint density at radius 2 is 1.94 bits per heavy atom. The van der Waals surface area contributed by atoms with Crippen molar-refractivity contribution in [3.8, 4) is 0 Å². The van der Waals surface area contributed by atoms with Crippen LogP contribution in [0.1, 0.15) is 37.7 Å². The molecular weight excluding hydrogens is 220 g/mol. The van der Waals surface area contributed by atoms with Gasteiger partial charge < -0.3 is 10.2 Å². The van der Waals surface area contributed by atoms with Crippen LogP contribution in [-0.2, 0) is 6.54 Å². The molecule has 1 fully saturated rings. The molecular formula is C16H26N2. The lowest BCUT2D eigenvalue weighted by molar-refractivity contribution is 0.373. The lowest BCUT2D eigenvalue weighted by atomic mass is 9.89. The molecule has 0 aliphatic heterocycles. The molecule has 1 aromatic rings. The summed E-state index contributed by atoms with van der Waals surface area (Å²) in [6.45, 7) is 2.16. The molecule has 1 N–H and O–H groups in total. The molecule has 1 aliphatic carbocycles. The van der Waals surface area contributed by atoms with Gasteiger partial charge in [0.15, 0.2) is 0 Å². The van der Waals surface area contributed by atoms with E-state index in [-0.39, 0.29) is 0 Å². The highest BCUT2D eigenvalue weighted by molar-refractivity contribution is 5.45. The van der Waals surface area contributed by atoms with Crippen LogP contribution >= 0.6 is 0 Å². The molecule has 18 heavy (non-hydrogen) atoms. The van der Waals surface area contributed by atoms with Gasteiger partial charge in [-0.1, -0.05) is 31.4 Å². The van der Waals surface area contributed by atoms with Crippen molar-refractivity contribution in [3.05, 3.63) is 29.8 Å². The van der Waals surface area contributed by atoms with Gasteiger partial charge in [-0.25, -0.2) is 0 Å². The molecule has 0 unspecified atom stereocenters. The monoisotopic (exact) mass is 246 g/mol. The summed E-state index contributed by atoms with van der Waals surface area (Å²) in [5.41, 5.74) is 2.66. The Labute approximate surface area is 111 Å². The van der Waals surface area contributed by atoms with E-state index in [1.165, 1.54) is 43.4 Å². The largest absolute Gasteiger partial charge is 0.385 e. The molecule has 1 saturated carbocycles. The van der Waals surface area contributed by atoms with Gasteiger partial charge in [0, 0.05) is 18.8 Å². The highest BCUT2D eigenvalue weighted by atomic mass is 15.0. The first-order valence-electron chi connectivity index (χ1n) is 7.21. The Bertz CT molecular complexity index is 354. The van der Waals surface area contributed by atoms with E-state index in [9.17, 15) is 0 Å². The van der Waals surface area contributed by atoms with Crippen LogP contribution in [0.2, 0.25) is 0 Å². The molecule has 100 valence electrons. The summed E-state index contributed by atoms with van der Waals surface area (Å²) in [5.74, 6) is 0.885. The summed E-state index contributed by atoms with van der Waals surface area (Å²) in [6, 6.07) is 8.82. The minimum absolute atomic E-state index is 0.885. The first kappa shape index (κ1) is 13.4. The van der Waals surface area contributed by atoms with Gasteiger partial charge in [0.2, 0.25) is 0 Å². The Balaban J connectivity index is 1.84. The average Bonchev–Trinajstić information content (AvgIpc) is 2.37. The standard InChI is InChI=1S/C16H26N2/c1-18(2)13-15-9-6-10-16(11-15)17-12-14-7-4-3-5-8-14/h6,9-11,14,17H,3-5,7-8,12-13H2,1-2H3. The van der Waals surface area contributed by atoms with E-state index >= 15 is 0 Å². The fourth-order valence-electron chi connectivity index (χ4n) is 2.80. The molecule has 2 heteroatoms. The van der Waals surface area contributed by atoms with E-state index in [0.717, 1.165) is 19.0 Å². The molecule has 0 aromatic heterocycles. The highest BCUT2D eigenvalue weighted by Crippen LogP contribution is 2.24. The van der Waals surface area contributed by atoms with Crippen molar-refractivity contribution in [2.45, 2.75) is 38.6 Å². The predicted molar refractivity (Wildman–Crippen MR) is 78.9 cm³/mol. The van der Waals surface area contributed by atoms with Crippen LogP contribution in [0.4, 0.5) is 5.69 Å². The van der Waals surface area contributed by atoms with Crippen molar-refractivity contribution >= 4 is 5.69 Å². The van der Waals surface area contributed by atoms with Crippen molar-refractivity contribution in [3.63, 3.8) is 0 Å². The van der Waals surface area contributed by atoms with Gasteiger partial charge in [0.25, 0.3) is 0 Å². The zero-order chi connectivity index (χ0) is 12.8. The first-order chi connectivity index (χ1) is 8.74. The third kappa shape index (κ3) is 4.34. The van der Waals surface area contributed by atoms with E-state index in [1.807, 2.05) is 0 Å². The summed E-state index contributed by atoms with van der Waals surface area (Å²) in [6.07, 6.45) is 7.10. The number of nitrogens with zero attached hydrogens (tertiary/aromatic N) is 1. The third-order valence-corrected chi connectivity index (χ3v) is 3.75. The van der Waals surface area contributed by atoms with Crippen LogP contribution in [0.15, 0.2) is 24.3 Å². The number of nitrogens with one attached hydrogen (secondary N) is 1. The Kier molecular flexibility index (Phi) is 5.06. The lowest BCUT2D eigenvalue weighted by Gasteiger charge is -2.22. The van der Waals surface area contributed by atoms with Crippen molar-refractivity contribution in [1.82, 2.24) is 4.90 Å². The first-order valence-corrected chi connectivity index (χ1v) is 7.21. The van der Waals surface area contributed by atoms with Crippen LogP contribution < -0.4 is 5.32 Å². The molecule has 2 nitrogen and oxygen atoms in total. The molecule has 0 saturated heterocycles. The number of rotatable bonds is 5. The number of benzene rings is 1. The van der Waals surface area contributed by atoms with Crippen LogP contribution in [0.5, 0.6) is 0 Å². The molecule has 1 aromatic carbocycles. The topological polar surface area (TPSA) is 15.3 Å². The Hall–Kier alpha value is -1.02. The Morgan fingerprint density at radius 1 is 1.17 bits per heavy atom. The SMILES string of the molecule is CN(C)Cc1cccc(NCC2CCCCC2)c1. The smallest absolute Gasteiger partial charge is 0.0343 e. The van der Waals surface area contributed by atoms with Crippen LogP contribution in [-0.4, -0.2) is 25.5 Å². The van der Waals surface area contributed by atoms with Crippen molar-refractivity contribution in [2.24, 2.45) is 5.92 Å². The molecule has 0 radical (unpaired) electrons. The summed E-state index contributed by atoms with van der Waals surface area (Å²) in [7, 11) is 4.23. The van der Waals surface area contributed by atoms with Crippen molar-refractivity contribution < 1.29 is 0 Å². The van der Waals surface area contributed by atoms with Gasteiger partial charge in [0.05, 0.1) is 0 Å². The maximum Gasteiger partial charge on any atom is 0.0343 e. The number of hydrogen-bond acceptors (Lipinski definition) is 2. The molecule has 0 bridgehead atoms. The van der Waals surface area contributed by atoms with Crippen LogP contribution in [0.3, 0.4) is 0 Å². The van der Waals surface area contributed by atoms with Gasteiger partial charge in [-0.3, -0.25) is 0 Å². The average molecular weight is 246 g/mol. The molecule has 1 aliphatic rings. The normalized spacial score (nSPS) is 17.1. The maximum absolute atomic E-state index is 3.61. The molecule has 2 rings (SSSR count). The minimum Gasteiger partial charge on any atom is -0.385 e. The van der Waals surface area contributed by atoms with Gasteiger partial charge >= 0.3 is 0 Å².